The number of esters is 1. The van der Waals surface area contributed by atoms with Gasteiger partial charge in [-0.1, -0.05) is 136 Å². The molecule has 1 N–H and O–H groups in total. The summed E-state index contributed by atoms with van der Waals surface area (Å²) in [5.41, 5.74) is 0. The summed E-state index contributed by atoms with van der Waals surface area (Å²) < 4.78 is 11.0. The average Bonchev–Trinajstić information content (AvgIpc) is 2.82. The second kappa shape index (κ2) is 27.6. The van der Waals surface area contributed by atoms with Crippen LogP contribution in [0.3, 0.4) is 0 Å². The van der Waals surface area contributed by atoms with Crippen LogP contribution >= 0.6 is 0 Å². The van der Waals surface area contributed by atoms with E-state index < -0.39 is 6.10 Å². The Morgan fingerprint density at radius 3 is 1.42 bits per heavy atom. The molecule has 0 aromatic heterocycles. The van der Waals surface area contributed by atoms with Gasteiger partial charge >= 0.3 is 5.97 Å². The van der Waals surface area contributed by atoms with Gasteiger partial charge in [0.15, 0.2) is 0 Å². The molecule has 0 aliphatic carbocycles. The van der Waals surface area contributed by atoms with E-state index in [1.807, 2.05) is 0 Å². The molecule has 33 heavy (non-hydrogen) atoms. The normalized spacial score (nSPS) is 12.2. The molecule has 0 aromatic carbocycles. The highest BCUT2D eigenvalue weighted by molar-refractivity contribution is 5.69. The fourth-order valence-electron chi connectivity index (χ4n) is 4.21. The summed E-state index contributed by atoms with van der Waals surface area (Å²) in [6, 6.07) is 0. The number of hydrogen-bond acceptors (Lipinski definition) is 4. The second-order valence-corrected chi connectivity index (χ2v) is 9.84. The Kier molecular flexibility index (Phi) is 27.1. The highest BCUT2D eigenvalue weighted by atomic mass is 16.6. The van der Waals surface area contributed by atoms with Crippen LogP contribution in [-0.4, -0.2) is 37.0 Å². The molecular formula is C29H58O4. The third-order valence-corrected chi connectivity index (χ3v) is 6.43. The lowest BCUT2D eigenvalue weighted by Gasteiger charge is -2.15. The standard InChI is InChI=1S/C29H58O4/c1-3-5-7-9-11-12-13-14-15-16-17-19-21-23-25-32-27-28(26-30)33-29(31)24-22-20-18-10-8-6-4-2/h28,30H,3-27H2,1-2H3/t28-/m0/s1. The minimum Gasteiger partial charge on any atom is -0.457 e. The molecule has 0 aliphatic heterocycles. The van der Waals surface area contributed by atoms with E-state index in [1.54, 1.807) is 0 Å². The predicted molar refractivity (Wildman–Crippen MR) is 141 cm³/mol. The molecule has 0 bridgehead atoms. The maximum Gasteiger partial charge on any atom is 0.306 e. The van der Waals surface area contributed by atoms with Crippen LogP contribution in [-0.2, 0) is 14.3 Å². The fourth-order valence-corrected chi connectivity index (χ4v) is 4.21. The summed E-state index contributed by atoms with van der Waals surface area (Å²) in [5.74, 6) is -0.206. The first-order valence-corrected chi connectivity index (χ1v) is 14.6. The fraction of sp³-hybridized carbons (Fsp3) is 0.966. The molecule has 0 spiro atoms. The van der Waals surface area contributed by atoms with Gasteiger partial charge in [0.25, 0.3) is 0 Å². The summed E-state index contributed by atoms with van der Waals surface area (Å²) in [6.45, 7) is 5.32. The van der Waals surface area contributed by atoms with Crippen LogP contribution in [0.2, 0.25) is 0 Å². The van der Waals surface area contributed by atoms with Crippen LogP contribution in [0.1, 0.15) is 155 Å². The lowest BCUT2D eigenvalue weighted by molar-refractivity contribution is -0.154. The first kappa shape index (κ1) is 32.4. The van der Waals surface area contributed by atoms with Gasteiger partial charge in [-0.2, -0.15) is 0 Å². The van der Waals surface area contributed by atoms with Crippen LogP contribution in [0, 0.1) is 0 Å². The number of carbonyl (C=O) groups excluding carboxylic acids is 1. The second-order valence-electron chi connectivity index (χ2n) is 9.84. The van der Waals surface area contributed by atoms with E-state index >= 15 is 0 Å². The van der Waals surface area contributed by atoms with Crippen molar-refractivity contribution in [3.05, 3.63) is 0 Å². The third kappa shape index (κ3) is 25.8. The van der Waals surface area contributed by atoms with Gasteiger partial charge in [-0.25, -0.2) is 0 Å². The lowest BCUT2D eigenvalue weighted by atomic mass is 10.0. The SMILES string of the molecule is CCCCCCCCCCCCCCCCOC[C@H](CO)OC(=O)CCCCCCCCC. The number of aliphatic hydroxyl groups is 1. The van der Waals surface area contributed by atoms with E-state index in [9.17, 15) is 9.90 Å². The molecule has 0 unspecified atom stereocenters. The maximum atomic E-state index is 11.9. The van der Waals surface area contributed by atoms with Crippen molar-refractivity contribution in [2.24, 2.45) is 0 Å². The van der Waals surface area contributed by atoms with Gasteiger partial charge in [-0.3, -0.25) is 4.79 Å². The maximum absolute atomic E-state index is 11.9. The van der Waals surface area contributed by atoms with Gasteiger partial charge < -0.3 is 14.6 Å². The van der Waals surface area contributed by atoms with Crippen LogP contribution in [0.4, 0.5) is 0 Å². The van der Waals surface area contributed by atoms with Crippen molar-refractivity contribution in [2.75, 3.05) is 19.8 Å². The molecular weight excluding hydrogens is 412 g/mol. The molecule has 4 heteroatoms. The summed E-state index contributed by atoms with van der Waals surface area (Å²) in [6.07, 6.45) is 27.0. The van der Waals surface area contributed by atoms with Crippen LogP contribution in [0.25, 0.3) is 0 Å². The van der Waals surface area contributed by atoms with Gasteiger partial charge in [0.05, 0.1) is 13.2 Å². The number of aliphatic hydroxyl groups excluding tert-OH is 1. The van der Waals surface area contributed by atoms with E-state index in [2.05, 4.69) is 13.8 Å². The minimum atomic E-state index is -0.520. The van der Waals surface area contributed by atoms with Crippen molar-refractivity contribution in [3.8, 4) is 0 Å². The first-order chi connectivity index (χ1) is 16.2. The van der Waals surface area contributed by atoms with E-state index in [-0.39, 0.29) is 12.6 Å². The van der Waals surface area contributed by atoms with Gasteiger partial charge in [-0.05, 0) is 12.8 Å². The summed E-state index contributed by atoms with van der Waals surface area (Å²) in [4.78, 5) is 11.9. The topological polar surface area (TPSA) is 55.8 Å². The Labute approximate surface area is 206 Å². The van der Waals surface area contributed by atoms with E-state index in [4.69, 9.17) is 9.47 Å². The molecule has 0 heterocycles. The quantitative estimate of drug-likeness (QED) is 0.0965. The first-order valence-electron chi connectivity index (χ1n) is 14.6. The Balaban J connectivity index is 3.38. The number of ether oxygens (including phenoxy) is 2. The van der Waals surface area contributed by atoms with Crippen molar-refractivity contribution < 1.29 is 19.4 Å². The van der Waals surface area contributed by atoms with Crippen LogP contribution < -0.4 is 0 Å². The van der Waals surface area contributed by atoms with E-state index in [1.165, 1.54) is 116 Å². The van der Waals surface area contributed by atoms with Crippen LogP contribution in [0.5, 0.6) is 0 Å². The molecule has 0 fully saturated rings. The van der Waals surface area contributed by atoms with Crippen molar-refractivity contribution >= 4 is 5.97 Å². The van der Waals surface area contributed by atoms with Crippen molar-refractivity contribution in [3.63, 3.8) is 0 Å². The molecule has 0 radical (unpaired) electrons. The Hall–Kier alpha value is -0.610. The zero-order chi connectivity index (χ0) is 24.2. The number of rotatable bonds is 27. The van der Waals surface area contributed by atoms with E-state index in [0.29, 0.717) is 19.6 Å². The minimum absolute atomic E-state index is 0.165. The molecule has 0 saturated heterocycles. The Morgan fingerprint density at radius 2 is 1.00 bits per heavy atom. The Bertz CT molecular complexity index is 386. The third-order valence-electron chi connectivity index (χ3n) is 6.43. The van der Waals surface area contributed by atoms with Crippen molar-refractivity contribution in [1.82, 2.24) is 0 Å². The number of carbonyl (C=O) groups is 1. The zero-order valence-electron chi connectivity index (χ0n) is 22.4. The lowest BCUT2D eigenvalue weighted by Crippen LogP contribution is -2.27. The largest absolute Gasteiger partial charge is 0.457 e. The van der Waals surface area contributed by atoms with Crippen molar-refractivity contribution in [1.29, 1.82) is 0 Å². The number of hydrogen-bond donors (Lipinski definition) is 1. The number of unbranched alkanes of at least 4 members (excludes halogenated alkanes) is 19. The van der Waals surface area contributed by atoms with E-state index in [0.717, 1.165) is 19.3 Å². The summed E-state index contributed by atoms with van der Waals surface area (Å²) >= 11 is 0. The molecule has 0 amide bonds. The molecule has 198 valence electrons. The highest BCUT2D eigenvalue weighted by Gasteiger charge is 2.13. The molecule has 0 saturated carbocycles. The highest BCUT2D eigenvalue weighted by Crippen LogP contribution is 2.13. The molecule has 0 rings (SSSR count). The summed E-state index contributed by atoms with van der Waals surface area (Å²) in [7, 11) is 0. The van der Waals surface area contributed by atoms with Gasteiger partial charge in [0, 0.05) is 13.0 Å². The monoisotopic (exact) mass is 470 g/mol. The van der Waals surface area contributed by atoms with Crippen LogP contribution in [0.15, 0.2) is 0 Å². The van der Waals surface area contributed by atoms with Gasteiger partial charge in [-0.15, -0.1) is 0 Å². The predicted octanol–water partition coefficient (Wildman–Crippen LogP) is 8.53. The summed E-state index contributed by atoms with van der Waals surface area (Å²) in [5, 5.41) is 9.44. The smallest absolute Gasteiger partial charge is 0.306 e. The zero-order valence-corrected chi connectivity index (χ0v) is 22.4. The molecule has 4 nitrogen and oxygen atoms in total. The molecule has 0 aliphatic rings. The average molecular weight is 471 g/mol. The van der Waals surface area contributed by atoms with Gasteiger partial charge in [0.1, 0.15) is 6.10 Å². The molecule has 1 atom stereocenters. The molecule has 0 aromatic rings. The van der Waals surface area contributed by atoms with Crippen molar-refractivity contribution in [2.45, 2.75) is 161 Å². The van der Waals surface area contributed by atoms with Gasteiger partial charge in [0.2, 0.25) is 0 Å². The Morgan fingerprint density at radius 1 is 0.606 bits per heavy atom.